The summed E-state index contributed by atoms with van der Waals surface area (Å²) in [6.45, 7) is 8.47. The molecule has 0 aromatic heterocycles. The van der Waals surface area contributed by atoms with Crippen LogP contribution < -0.4 is 0 Å². The first kappa shape index (κ1) is 12.4. The molecule has 0 heterocycles. The summed E-state index contributed by atoms with van der Waals surface area (Å²) in [5, 5.41) is 0. The largest absolute Gasteiger partial charge is 0.388 e. The van der Waals surface area contributed by atoms with E-state index in [9.17, 15) is 9.36 Å². The minimum atomic E-state index is -3.22. The molecule has 1 atom stereocenters. The molecule has 76 valence electrons. The van der Waals surface area contributed by atoms with Crippen molar-refractivity contribution in [3.05, 3.63) is 12.2 Å². The number of hydrogen-bond acceptors (Lipinski definition) is 4. The average Bonchev–Trinajstić information content (AvgIpc) is 2.04. The minimum absolute atomic E-state index is 0.180. The zero-order valence-electron chi connectivity index (χ0n) is 8.20. The van der Waals surface area contributed by atoms with E-state index >= 15 is 0 Å². The van der Waals surface area contributed by atoms with Gasteiger partial charge in [0, 0.05) is 5.57 Å². The summed E-state index contributed by atoms with van der Waals surface area (Å²) in [4.78, 5) is 11.0. The smallest absolute Gasteiger partial charge is 0.381 e. The van der Waals surface area contributed by atoms with E-state index in [1.165, 1.54) is 6.92 Å². The lowest BCUT2D eigenvalue weighted by Gasteiger charge is -2.15. The zero-order valence-corrected chi connectivity index (χ0v) is 9.10. The van der Waals surface area contributed by atoms with Gasteiger partial charge in [-0.3, -0.25) is 0 Å². The predicted octanol–water partition coefficient (Wildman–Crippen LogP) is 2.36. The highest BCUT2D eigenvalue weighted by Crippen LogP contribution is 2.47. The third kappa shape index (κ3) is 4.25. The summed E-state index contributed by atoms with van der Waals surface area (Å²) in [5.74, 6) is -0.668. The first-order valence-corrected chi connectivity index (χ1v) is 5.81. The van der Waals surface area contributed by atoms with E-state index in [2.05, 4.69) is 11.1 Å². The maximum Gasteiger partial charge on any atom is 0.381 e. The van der Waals surface area contributed by atoms with Crippen molar-refractivity contribution in [1.29, 1.82) is 0 Å². The highest BCUT2D eigenvalue weighted by Gasteiger charge is 2.25. The highest BCUT2D eigenvalue weighted by molar-refractivity contribution is 7.54. The van der Waals surface area contributed by atoms with Crippen molar-refractivity contribution >= 4 is 13.6 Å². The van der Waals surface area contributed by atoms with Crippen LogP contribution in [0, 0.1) is 0 Å². The first-order chi connectivity index (χ1) is 5.95. The fourth-order valence-corrected chi connectivity index (χ4v) is 1.75. The molecule has 0 radical (unpaired) electrons. The summed E-state index contributed by atoms with van der Waals surface area (Å²) in [7, 11) is -3.22. The molecule has 13 heavy (non-hydrogen) atoms. The van der Waals surface area contributed by atoms with Crippen LogP contribution in [0.1, 0.15) is 20.8 Å². The van der Waals surface area contributed by atoms with Crippen molar-refractivity contribution in [2.24, 2.45) is 0 Å². The number of hydrogen-bond donors (Lipinski definition) is 0. The van der Waals surface area contributed by atoms with Gasteiger partial charge in [0.1, 0.15) is 0 Å². The van der Waals surface area contributed by atoms with E-state index in [-0.39, 0.29) is 18.3 Å². The average molecular weight is 206 g/mol. The molecule has 5 heteroatoms. The SMILES string of the molecule is C=C(C)C(=O)OP(=O)(CC)OCC. The molecule has 0 amide bonds. The molecule has 0 spiro atoms. The Hall–Kier alpha value is -0.600. The van der Waals surface area contributed by atoms with Crippen molar-refractivity contribution in [3.63, 3.8) is 0 Å². The molecular weight excluding hydrogens is 191 g/mol. The Labute approximate surface area is 78.5 Å². The van der Waals surface area contributed by atoms with Crippen LogP contribution in [0.2, 0.25) is 0 Å². The van der Waals surface area contributed by atoms with Gasteiger partial charge in [-0.2, -0.15) is 0 Å². The van der Waals surface area contributed by atoms with E-state index < -0.39 is 13.6 Å². The van der Waals surface area contributed by atoms with E-state index in [4.69, 9.17) is 4.52 Å². The molecule has 4 nitrogen and oxygen atoms in total. The van der Waals surface area contributed by atoms with Crippen molar-refractivity contribution < 1.29 is 18.4 Å². The molecular formula is C8H15O4P. The van der Waals surface area contributed by atoms with Gasteiger partial charge in [-0.15, -0.1) is 0 Å². The molecule has 0 saturated carbocycles. The van der Waals surface area contributed by atoms with Gasteiger partial charge in [-0.05, 0) is 13.8 Å². The number of carbonyl (C=O) groups is 1. The molecule has 1 unspecified atom stereocenters. The Bertz CT molecular complexity index is 247. The Kier molecular flexibility index (Phi) is 4.96. The predicted molar refractivity (Wildman–Crippen MR) is 50.7 cm³/mol. The van der Waals surface area contributed by atoms with Crippen molar-refractivity contribution in [2.45, 2.75) is 20.8 Å². The fourth-order valence-electron chi connectivity index (χ4n) is 0.583. The van der Waals surface area contributed by atoms with Crippen LogP contribution in [0.4, 0.5) is 0 Å². The Morgan fingerprint density at radius 2 is 2.00 bits per heavy atom. The van der Waals surface area contributed by atoms with Crippen LogP contribution in [0.5, 0.6) is 0 Å². The summed E-state index contributed by atoms with van der Waals surface area (Å²) >= 11 is 0. The van der Waals surface area contributed by atoms with Crippen LogP contribution in [0.15, 0.2) is 12.2 Å². The topological polar surface area (TPSA) is 52.6 Å². The van der Waals surface area contributed by atoms with Gasteiger partial charge in [-0.25, -0.2) is 9.36 Å². The summed E-state index contributed by atoms with van der Waals surface area (Å²) in [5.41, 5.74) is 0.216. The van der Waals surface area contributed by atoms with Crippen molar-refractivity contribution in [3.8, 4) is 0 Å². The summed E-state index contributed by atoms with van der Waals surface area (Å²) in [6, 6.07) is 0. The lowest BCUT2D eigenvalue weighted by molar-refractivity contribution is -0.130. The van der Waals surface area contributed by atoms with Gasteiger partial charge in [0.2, 0.25) is 0 Å². The van der Waals surface area contributed by atoms with E-state index in [1.807, 2.05) is 0 Å². The number of carbonyl (C=O) groups excluding carboxylic acids is 1. The molecule has 0 aromatic rings. The van der Waals surface area contributed by atoms with Gasteiger partial charge >= 0.3 is 13.6 Å². The van der Waals surface area contributed by atoms with Crippen molar-refractivity contribution in [2.75, 3.05) is 12.8 Å². The molecule has 0 bridgehead atoms. The zero-order chi connectivity index (χ0) is 10.5. The Morgan fingerprint density at radius 1 is 1.46 bits per heavy atom. The maximum atomic E-state index is 11.6. The molecule has 0 fully saturated rings. The van der Waals surface area contributed by atoms with Crippen LogP contribution in [0.3, 0.4) is 0 Å². The Morgan fingerprint density at radius 3 is 2.31 bits per heavy atom. The molecule has 0 aromatic carbocycles. The lowest BCUT2D eigenvalue weighted by atomic mass is 10.4. The lowest BCUT2D eigenvalue weighted by Crippen LogP contribution is -2.06. The fraction of sp³-hybridized carbons (Fsp3) is 0.625. The molecule has 0 rings (SSSR count). The molecule has 0 N–H and O–H groups in total. The van der Waals surface area contributed by atoms with Gasteiger partial charge in [0.25, 0.3) is 0 Å². The van der Waals surface area contributed by atoms with Gasteiger partial charge < -0.3 is 9.05 Å². The van der Waals surface area contributed by atoms with Crippen LogP contribution >= 0.6 is 7.60 Å². The number of rotatable bonds is 5. The van der Waals surface area contributed by atoms with E-state index in [1.54, 1.807) is 13.8 Å². The third-order valence-corrected chi connectivity index (χ3v) is 3.15. The molecule has 0 saturated heterocycles. The highest BCUT2D eigenvalue weighted by atomic mass is 31.2. The molecule has 0 aliphatic heterocycles. The second-order valence-corrected chi connectivity index (χ2v) is 4.80. The van der Waals surface area contributed by atoms with Gasteiger partial charge in [0.05, 0.1) is 12.8 Å². The minimum Gasteiger partial charge on any atom is -0.388 e. The Balaban J connectivity index is 4.36. The summed E-state index contributed by atoms with van der Waals surface area (Å²) < 4.78 is 21.1. The maximum absolute atomic E-state index is 11.6. The van der Waals surface area contributed by atoms with Crippen LogP contribution in [-0.2, 0) is 18.4 Å². The second kappa shape index (κ2) is 5.20. The summed E-state index contributed by atoms with van der Waals surface area (Å²) in [6.07, 6.45) is 0.180. The second-order valence-electron chi connectivity index (χ2n) is 2.50. The normalized spacial score (nSPS) is 14.7. The van der Waals surface area contributed by atoms with E-state index in [0.717, 1.165) is 0 Å². The van der Waals surface area contributed by atoms with Crippen molar-refractivity contribution in [1.82, 2.24) is 0 Å². The van der Waals surface area contributed by atoms with Gasteiger partial charge in [0.15, 0.2) is 0 Å². The standard InChI is InChI=1S/C8H15O4P/c1-5-11-13(10,6-2)12-8(9)7(3)4/h3,5-6H2,1-2,4H3. The van der Waals surface area contributed by atoms with Crippen LogP contribution in [-0.4, -0.2) is 18.7 Å². The third-order valence-electron chi connectivity index (χ3n) is 1.28. The monoisotopic (exact) mass is 206 g/mol. The first-order valence-electron chi connectivity index (χ1n) is 4.08. The van der Waals surface area contributed by atoms with E-state index in [0.29, 0.717) is 0 Å². The van der Waals surface area contributed by atoms with Crippen LogP contribution in [0.25, 0.3) is 0 Å². The van der Waals surface area contributed by atoms with Gasteiger partial charge in [-0.1, -0.05) is 13.5 Å². The molecule has 0 aliphatic carbocycles. The molecule has 0 aliphatic rings. The quantitative estimate of drug-likeness (QED) is 0.511.